The van der Waals surface area contributed by atoms with E-state index in [0.717, 1.165) is 24.8 Å². The van der Waals surface area contributed by atoms with E-state index in [4.69, 9.17) is 4.74 Å². The Kier molecular flexibility index (Phi) is 4.28. The van der Waals surface area contributed by atoms with Crippen LogP contribution in [0.3, 0.4) is 0 Å². The van der Waals surface area contributed by atoms with Crippen molar-refractivity contribution >= 4 is 0 Å². The van der Waals surface area contributed by atoms with Crippen LogP contribution < -0.4 is 10.1 Å². The monoisotopic (exact) mass is 247 g/mol. The average Bonchev–Trinajstić information content (AvgIpc) is 2.42. The van der Waals surface area contributed by atoms with Crippen LogP contribution in [0.1, 0.15) is 38.7 Å². The Hall–Kier alpha value is -1.02. The summed E-state index contributed by atoms with van der Waals surface area (Å²) in [4.78, 5) is 0. The molecule has 100 valence electrons. The molecule has 1 aliphatic rings. The molecule has 2 atom stereocenters. The number of nitrogens with one attached hydrogen (secondary N) is 1. The van der Waals surface area contributed by atoms with Crippen LogP contribution in [0.25, 0.3) is 0 Å². The van der Waals surface area contributed by atoms with Crippen molar-refractivity contribution in [3.63, 3.8) is 0 Å². The summed E-state index contributed by atoms with van der Waals surface area (Å²) in [6, 6.07) is 8.64. The Balaban J connectivity index is 2.38. The lowest BCUT2D eigenvalue weighted by Crippen LogP contribution is -2.48. The number of hydrogen-bond acceptors (Lipinski definition) is 2. The third-order valence-electron chi connectivity index (χ3n) is 4.48. The van der Waals surface area contributed by atoms with Gasteiger partial charge in [0.05, 0.1) is 7.11 Å². The smallest absolute Gasteiger partial charge is 0.119 e. The number of ether oxygens (including phenoxy) is 1. The number of piperidine rings is 1. The van der Waals surface area contributed by atoms with Crippen molar-refractivity contribution in [1.82, 2.24) is 5.32 Å². The van der Waals surface area contributed by atoms with Crippen LogP contribution in [0.4, 0.5) is 0 Å². The van der Waals surface area contributed by atoms with Gasteiger partial charge in [-0.2, -0.15) is 0 Å². The normalized spacial score (nSPS) is 28.1. The van der Waals surface area contributed by atoms with Gasteiger partial charge < -0.3 is 10.1 Å². The van der Waals surface area contributed by atoms with Gasteiger partial charge in [0, 0.05) is 12.0 Å². The SMILES string of the molecule is CCC[C@@]1(c2cccc(OC)c2)CNCC[C@@H]1C. The van der Waals surface area contributed by atoms with Gasteiger partial charge in [0.1, 0.15) is 5.75 Å². The van der Waals surface area contributed by atoms with Gasteiger partial charge in [-0.15, -0.1) is 0 Å². The maximum Gasteiger partial charge on any atom is 0.119 e. The molecular formula is C16H25NO. The van der Waals surface area contributed by atoms with Crippen molar-refractivity contribution in [1.29, 1.82) is 0 Å². The number of hydrogen-bond donors (Lipinski definition) is 1. The fourth-order valence-electron chi connectivity index (χ4n) is 3.33. The average molecular weight is 247 g/mol. The third-order valence-corrected chi connectivity index (χ3v) is 4.48. The van der Waals surface area contributed by atoms with E-state index < -0.39 is 0 Å². The van der Waals surface area contributed by atoms with Crippen LogP contribution in [0.2, 0.25) is 0 Å². The summed E-state index contributed by atoms with van der Waals surface area (Å²) in [7, 11) is 1.74. The van der Waals surface area contributed by atoms with E-state index >= 15 is 0 Å². The van der Waals surface area contributed by atoms with Gasteiger partial charge in [-0.25, -0.2) is 0 Å². The summed E-state index contributed by atoms with van der Waals surface area (Å²) in [6.45, 7) is 6.92. The highest BCUT2D eigenvalue weighted by atomic mass is 16.5. The summed E-state index contributed by atoms with van der Waals surface area (Å²) in [5, 5.41) is 3.59. The van der Waals surface area contributed by atoms with Gasteiger partial charge in [0.25, 0.3) is 0 Å². The number of benzene rings is 1. The Bertz CT molecular complexity index is 386. The topological polar surface area (TPSA) is 21.3 Å². The highest BCUT2D eigenvalue weighted by Crippen LogP contribution is 2.41. The quantitative estimate of drug-likeness (QED) is 0.881. The van der Waals surface area contributed by atoms with Crippen LogP contribution in [-0.4, -0.2) is 20.2 Å². The van der Waals surface area contributed by atoms with E-state index in [9.17, 15) is 0 Å². The second-order valence-electron chi connectivity index (χ2n) is 5.50. The molecule has 2 heteroatoms. The lowest BCUT2D eigenvalue weighted by atomic mass is 9.65. The molecule has 0 unspecified atom stereocenters. The van der Waals surface area contributed by atoms with Gasteiger partial charge in [-0.3, -0.25) is 0 Å². The van der Waals surface area contributed by atoms with Gasteiger partial charge in [0.15, 0.2) is 0 Å². The van der Waals surface area contributed by atoms with Crippen molar-refractivity contribution in [2.45, 2.75) is 38.5 Å². The zero-order valence-corrected chi connectivity index (χ0v) is 11.8. The van der Waals surface area contributed by atoms with Crippen molar-refractivity contribution in [3.8, 4) is 5.75 Å². The van der Waals surface area contributed by atoms with Crippen LogP contribution >= 0.6 is 0 Å². The molecule has 1 fully saturated rings. The van der Waals surface area contributed by atoms with E-state index in [1.165, 1.54) is 24.8 Å². The molecule has 1 saturated heterocycles. The molecule has 0 spiro atoms. The molecule has 18 heavy (non-hydrogen) atoms. The van der Waals surface area contributed by atoms with E-state index in [0.29, 0.717) is 0 Å². The molecule has 1 aromatic rings. The first-order valence-electron chi connectivity index (χ1n) is 7.08. The minimum absolute atomic E-state index is 0.279. The minimum atomic E-state index is 0.279. The zero-order valence-electron chi connectivity index (χ0n) is 11.8. The van der Waals surface area contributed by atoms with E-state index in [2.05, 4.69) is 37.4 Å². The molecule has 1 aliphatic heterocycles. The van der Waals surface area contributed by atoms with Crippen LogP contribution in [-0.2, 0) is 5.41 Å². The molecule has 2 rings (SSSR count). The first-order chi connectivity index (χ1) is 8.73. The van der Waals surface area contributed by atoms with Crippen LogP contribution in [0, 0.1) is 5.92 Å². The van der Waals surface area contributed by atoms with Crippen molar-refractivity contribution in [2.24, 2.45) is 5.92 Å². The van der Waals surface area contributed by atoms with Crippen LogP contribution in [0.5, 0.6) is 5.75 Å². The summed E-state index contributed by atoms with van der Waals surface area (Å²) in [5.41, 5.74) is 1.71. The molecule has 0 saturated carbocycles. The summed E-state index contributed by atoms with van der Waals surface area (Å²) >= 11 is 0. The Morgan fingerprint density at radius 2 is 2.28 bits per heavy atom. The molecule has 0 bridgehead atoms. The predicted molar refractivity (Wildman–Crippen MR) is 76.2 cm³/mol. The van der Waals surface area contributed by atoms with Gasteiger partial charge in [-0.05, 0) is 43.0 Å². The van der Waals surface area contributed by atoms with Gasteiger partial charge in [0.2, 0.25) is 0 Å². The lowest BCUT2D eigenvalue weighted by molar-refractivity contribution is 0.201. The zero-order chi connectivity index (χ0) is 13.0. The van der Waals surface area contributed by atoms with Crippen molar-refractivity contribution < 1.29 is 4.74 Å². The Labute approximate surface area is 111 Å². The first kappa shape index (κ1) is 13.4. The second-order valence-corrected chi connectivity index (χ2v) is 5.50. The maximum atomic E-state index is 5.38. The third kappa shape index (κ3) is 2.39. The van der Waals surface area contributed by atoms with Crippen LogP contribution in [0.15, 0.2) is 24.3 Å². The van der Waals surface area contributed by atoms with Crippen molar-refractivity contribution in [2.75, 3.05) is 20.2 Å². The Morgan fingerprint density at radius 1 is 1.44 bits per heavy atom. The van der Waals surface area contributed by atoms with Gasteiger partial charge >= 0.3 is 0 Å². The number of rotatable bonds is 4. The number of methoxy groups -OCH3 is 1. The molecule has 1 heterocycles. The molecule has 0 aliphatic carbocycles. The fourth-order valence-corrected chi connectivity index (χ4v) is 3.33. The molecule has 1 N–H and O–H groups in total. The summed E-state index contributed by atoms with van der Waals surface area (Å²) in [5.74, 6) is 1.70. The maximum absolute atomic E-state index is 5.38. The van der Waals surface area contributed by atoms with E-state index in [1.54, 1.807) is 7.11 Å². The van der Waals surface area contributed by atoms with E-state index in [1.807, 2.05) is 6.07 Å². The first-order valence-corrected chi connectivity index (χ1v) is 7.08. The highest BCUT2D eigenvalue weighted by molar-refractivity contribution is 5.35. The van der Waals surface area contributed by atoms with Crippen molar-refractivity contribution in [3.05, 3.63) is 29.8 Å². The highest BCUT2D eigenvalue weighted by Gasteiger charge is 2.38. The molecular weight excluding hydrogens is 222 g/mol. The van der Waals surface area contributed by atoms with E-state index in [-0.39, 0.29) is 5.41 Å². The molecule has 0 amide bonds. The fraction of sp³-hybridized carbons (Fsp3) is 0.625. The molecule has 2 nitrogen and oxygen atoms in total. The molecule has 0 aromatic heterocycles. The molecule has 1 aromatic carbocycles. The largest absolute Gasteiger partial charge is 0.497 e. The summed E-state index contributed by atoms with van der Waals surface area (Å²) < 4.78 is 5.38. The predicted octanol–water partition coefficient (Wildman–Crippen LogP) is 3.36. The minimum Gasteiger partial charge on any atom is -0.497 e. The second kappa shape index (κ2) is 5.75. The van der Waals surface area contributed by atoms with Gasteiger partial charge in [-0.1, -0.05) is 32.4 Å². The standard InChI is InChI=1S/C16H25NO/c1-4-9-16(12-17-10-8-13(16)2)14-6-5-7-15(11-14)18-3/h5-7,11,13,17H,4,8-10,12H2,1-3H3/t13-,16+/m0/s1. The summed E-state index contributed by atoms with van der Waals surface area (Å²) in [6.07, 6.45) is 3.73. The lowest BCUT2D eigenvalue weighted by Gasteiger charge is -2.44. The Morgan fingerprint density at radius 3 is 2.94 bits per heavy atom. The molecule has 0 radical (unpaired) electrons.